The Morgan fingerprint density at radius 3 is 2.59 bits per heavy atom. The number of hydrogen-bond donors (Lipinski definition) is 2. The summed E-state index contributed by atoms with van der Waals surface area (Å²) in [5, 5.41) is 6.94. The fourth-order valence-corrected chi connectivity index (χ4v) is 3.26. The second-order valence-corrected chi connectivity index (χ2v) is 6.99. The van der Waals surface area contributed by atoms with Crippen molar-refractivity contribution in [2.45, 2.75) is 20.1 Å². The summed E-state index contributed by atoms with van der Waals surface area (Å²) in [6.45, 7) is 9.88. The summed E-state index contributed by atoms with van der Waals surface area (Å²) < 4.78 is 11.7. The van der Waals surface area contributed by atoms with Crippen LogP contribution in [0.2, 0.25) is 0 Å². The molecule has 2 aromatic rings. The largest absolute Gasteiger partial charge is 0.493 e. The van der Waals surface area contributed by atoms with Crippen LogP contribution < -0.4 is 20.1 Å². The second kappa shape index (κ2) is 10.3. The summed E-state index contributed by atoms with van der Waals surface area (Å²) in [6, 6.07) is 14.5. The zero-order chi connectivity index (χ0) is 18.9. The molecule has 3 rings (SSSR count). The summed E-state index contributed by atoms with van der Waals surface area (Å²) in [5.41, 5.74) is 3.54. The fraction of sp³-hybridized carbons (Fsp3) is 0.455. The zero-order valence-electron chi connectivity index (χ0n) is 16.5. The number of nitrogens with zero attached hydrogens (tertiary/aromatic N) is 1. The average molecular weight is 370 g/mol. The van der Waals surface area contributed by atoms with Crippen LogP contribution in [0.3, 0.4) is 0 Å². The van der Waals surface area contributed by atoms with E-state index in [0.29, 0.717) is 6.61 Å². The van der Waals surface area contributed by atoms with E-state index >= 15 is 0 Å². The van der Waals surface area contributed by atoms with Gasteiger partial charge in [-0.05, 0) is 18.6 Å². The molecule has 2 aromatic carbocycles. The van der Waals surface area contributed by atoms with Gasteiger partial charge in [-0.15, -0.1) is 0 Å². The van der Waals surface area contributed by atoms with Crippen molar-refractivity contribution in [1.82, 2.24) is 15.5 Å². The van der Waals surface area contributed by atoms with E-state index in [0.717, 1.165) is 68.4 Å². The van der Waals surface area contributed by atoms with Gasteiger partial charge in [0.25, 0.3) is 0 Å². The quantitative estimate of drug-likeness (QED) is 0.665. The molecule has 0 radical (unpaired) electrons. The van der Waals surface area contributed by atoms with Gasteiger partial charge in [-0.25, -0.2) is 0 Å². The predicted molar refractivity (Wildman–Crippen MR) is 110 cm³/mol. The van der Waals surface area contributed by atoms with Crippen molar-refractivity contribution in [2.75, 3.05) is 46.4 Å². The number of piperazine rings is 1. The van der Waals surface area contributed by atoms with Crippen molar-refractivity contribution >= 4 is 0 Å². The molecule has 0 unspecified atom stereocenters. The molecular formula is C22H31N3O2. The number of benzene rings is 2. The highest BCUT2D eigenvalue weighted by Crippen LogP contribution is 2.31. The van der Waals surface area contributed by atoms with Gasteiger partial charge in [-0.1, -0.05) is 42.0 Å². The Balaban J connectivity index is 1.56. The molecule has 0 aliphatic carbocycles. The highest BCUT2D eigenvalue weighted by Gasteiger charge is 2.12. The molecule has 1 fully saturated rings. The Morgan fingerprint density at radius 1 is 1.07 bits per heavy atom. The number of aryl methyl sites for hydroxylation is 1. The van der Waals surface area contributed by atoms with Crippen LogP contribution in [0.5, 0.6) is 11.5 Å². The molecule has 2 N–H and O–H groups in total. The molecule has 5 heteroatoms. The molecule has 1 aliphatic heterocycles. The first-order chi connectivity index (χ1) is 13.3. The molecule has 5 nitrogen and oxygen atoms in total. The van der Waals surface area contributed by atoms with Gasteiger partial charge in [0, 0.05) is 51.4 Å². The van der Waals surface area contributed by atoms with Crippen LogP contribution in [0.25, 0.3) is 0 Å². The zero-order valence-corrected chi connectivity index (χ0v) is 16.5. The highest BCUT2D eigenvalue weighted by molar-refractivity contribution is 5.46. The van der Waals surface area contributed by atoms with Crippen molar-refractivity contribution < 1.29 is 9.47 Å². The third-order valence-corrected chi connectivity index (χ3v) is 4.91. The molecule has 146 valence electrons. The van der Waals surface area contributed by atoms with Crippen molar-refractivity contribution in [2.24, 2.45) is 0 Å². The lowest BCUT2D eigenvalue weighted by Gasteiger charge is -2.27. The van der Waals surface area contributed by atoms with Crippen LogP contribution in [-0.2, 0) is 13.2 Å². The summed E-state index contributed by atoms with van der Waals surface area (Å²) in [6.07, 6.45) is 0. The summed E-state index contributed by atoms with van der Waals surface area (Å²) in [4.78, 5) is 2.49. The highest BCUT2D eigenvalue weighted by atomic mass is 16.5. The molecule has 0 saturated carbocycles. The normalized spacial score (nSPS) is 14.9. The van der Waals surface area contributed by atoms with E-state index in [2.05, 4.69) is 52.8 Å². The standard InChI is InChI=1S/C22H31N3O2/c1-18-6-8-19(9-7-18)17-27-22-20(4-3-5-21(22)26-2)16-24-12-15-25-13-10-23-11-14-25/h3-9,23-24H,10-17H2,1-2H3. The van der Waals surface area contributed by atoms with E-state index in [-0.39, 0.29) is 0 Å². The van der Waals surface area contributed by atoms with Crippen LogP contribution >= 0.6 is 0 Å². The van der Waals surface area contributed by atoms with Gasteiger partial charge in [0.2, 0.25) is 0 Å². The van der Waals surface area contributed by atoms with Crippen LogP contribution in [0, 0.1) is 6.92 Å². The van der Waals surface area contributed by atoms with Gasteiger partial charge in [0.05, 0.1) is 7.11 Å². The van der Waals surface area contributed by atoms with Crippen LogP contribution in [0.15, 0.2) is 42.5 Å². The number of hydrogen-bond acceptors (Lipinski definition) is 5. The van der Waals surface area contributed by atoms with E-state index in [9.17, 15) is 0 Å². The van der Waals surface area contributed by atoms with Crippen molar-refractivity contribution in [3.05, 3.63) is 59.2 Å². The van der Waals surface area contributed by atoms with Crippen molar-refractivity contribution in [3.63, 3.8) is 0 Å². The first kappa shape index (κ1) is 19.7. The monoisotopic (exact) mass is 369 g/mol. The Morgan fingerprint density at radius 2 is 1.85 bits per heavy atom. The Labute approximate surface area is 162 Å². The Kier molecular flexibility index (Phi) is 7.51. The van der Waals surface area contributed by atoms with Crippen molar-refractivity contribution in [3.8, 4) is 11.5 Å². The molecule has 1 heterocycles. The Bertz CT molecular complexity index is 697. The number of rotatable bonds is 9. The van der Waals surface area contributed by atoms with E-state index in [1.807, 2.05) is 12.1 Å². The minimum Gasteiger partial charge on any atom is -0.493 e. The van der Waals surface area contributed by atoms with Gasteiger partial charge >= 0.3 is 0 Å². The van der Waals surface area contributed by atoms with Crippen LogP contribution in [-0.4, -0.2) is 51.3 Å². The first-order valence-corrected chi connectivity index (χ1v) is 9.74. The third kappa shape index (κ3) is 5.96. The maximum Gasteiger partial charge on any atom is 0.166 e. The second-order valence-electron chi connectivity index (χ2n) is 6.99. The topological polar surface area (TPSA) is 45.8 Å². The lowest BCUT2D eigenvalue weighted by molar-refractivity contribution is 0.240. The predicted octanol–water partition coefficient (Wildman–Crippen LogP) is 2.58. The SMILES string of the molecule is COc1cccc(CNCCN2CCNCC2)c1OCc1ccc(C)cc1. The van der Waals surface area contributed by atoms with Gasteiger partial charge in [-0.3, -0.25) is 4.90 Å². The van der Waals surface area contributed by atoms with Gasteiger partial charge < -0.3 is 20.1 Å². The smallest absolute Gasteiger partial charge is 0.166 e. The summed E-state index contributed by atoms with van der Waals surface area (Å²) >= 11 is 0. The molecule has 0 spiro atoms. The summed E-state index contributed by atoms with van der Waals surface area (Å²) in [5.74, 6) is 1.61. The van der Waals surface area contributed by atoms with Crippen molar-refractivity contribution in [1.29, 1.82) is 0 Å². The molecule has 1 saturated heterocycles. The third-order valence-electron chi connectivity index (χ3n) is 4.91. The summed E-state index contributed by atoms with van der Waals surface area (Å²) in [7, 11) is 1.69. The van der Waals surface area contributed by atoms with Gasteiger partial charge in [-0.2, -0.15) is 0 Å². The minimum atomic E-state index is 0.536. The maximum atomic E-state index is 6.15. The average Bonchev–Trinajstić information content (AvgIpc) is 2.72. The lowest BCUT2D eigenvalue weighted by Crippen LogP contribution is -2.45. The van der Waals surface area contributed by atoms with E-state index in [1.165, 1.54) is 5.56 Å². The lowest BCUT2D eigenvalue weighted by atomic mass is 10.1. The molecule has 0 atom stereocenters. The van der Waals surface area contributed by atoms with E-state index < -0.39 is 0 Å². The molecule has 0 bridgehead atoms. The van der Waals surface area contributed by atoms with Crippen LogP contribution in [0.1, 0.15) is 16.7 Å². The number of para-hydroxylation sites is 1. The molecule has 0 amide bonds. The molecular weight excluding hydrogens is 338 g/mol. The first-order valence-electron chi connectivity index (χ1n) is 9.74. The maximum absolute atomic E-state index is 6.15. The molecule has 0 aromatic heterocycles. The molecule has 27 heavy (non-hydrogen) atoms. The Hall–Kier alpha value is -2.08. The van der Waals surface area contributed by atoms with E-state index in [4.69, 9.17) is 9.47 Å². The van der Waals surface area contributed by atoms with E-state index in [1.54, 1.807) is 7.11 Å². The van der Waals surface area contributed by atoms with Gasteiger partial charge in [0.1, 0.15) is 6.61 Å². The van der Waals surface area contributed by atoms with Crippen LogP contribution in [0.4, 0.5) is 0 Å². The van der Waals surface area contributed by atoms with Gasteiger partial charge in [0.15, 0.2) is 11.5 Å². The number of ether oxygens (including phenoxy) is 2. The fourth-order valence-electron chi connectivity index (χ4n) is 3.26. The molecule has 1 aliphatic rings. The number of methoxy groups -OCH3 is 1. The minimum absolute atomic E-state index is 0.536. The number of nitrogens with one attached hydrogen (secondary N) is 2.